The molecule has 1 aliphatic carbocycles. The predicted molar refractivity (Wildman–Crippen MR) is 108 cm³/mol. The molecule has 8 heteroatoms. The number of carbonyl (C=O) groups excluding carboxylic acids is 1. The van der Waals surface area contributed by atoms with Crippen LogP contribution in [0.4, 0.5) is 14.5 Å². The molecule has 1 amide bonds. The molecule has 156 valence electrons. The van der Waals surface area contributed by atoms with Crippen LogP contribution in [0.25, 0.3) is 0 Å². The van der Waals surface area contributed by atoms with E-state index in [1.54, 1.807) is 0 Å². The SMILES string of the molecule is CS(=O)(=O)N(CCCC(=O)NC1CCCc2ccccc21)c1ccc(F)c(F)c1. The summed E-state index contributed by atoms with van der Waals surface area (Å²) in [5.41, 5.74) is 2.41. The minimum Gasteiger partial charge on any atom is -0.349 e. The molecule has 0 aliphatic heterocycles. The van der Waals surface area contributed by atoms with Crippen LogP contribution in [0.2, 0.25) is 0 Å². The minimum absolute atomic E-state index is 0.00141. The van der Waals surface area contributed by atoms with Crippen molar-refractivity contribution in [3.63, 3.8) is 0 Å². The van der Waals surface area contributed by atoms with Crippen molar-refractivity contribution in [3.05, 3.63) is 65.2 Å². The van der Waals surface area contributed by atoms with Gasteiger partial charge in [0.25, 0.3) is 0 Å². The summed E-state index contributed by atoms with van der Waals surface area (Å²) < 4.78 is 51.8. The molecule has 3 rings (SSSR count). The van der Waals surface area contributed by atoms with Gasteiger partial charge < -0.3 is 5.32 Å². The van der Waals surface area contributed by atoms with E-state index in [4.69, 9.17) is 0 Å². The Morgan fingerprint density at radius 1 is 1.17 bits per heavy atom. The van der Waals surface area contributed by atoms with Gasteiger partial charge in [-0.25, -0.2) is 17.2 Å². The quantitative estimate of drug-likeness (QED) is 0.740. The number of fused-ring (bicyclic) bond motifs is 1. The minimum atomic E-state index is -3.70. The lowest BCUT2D eigenvalue weighted by Crippen LogP contribution is -2.33. The molecule has 0 fully saturated rings. The zero-order valence-corrected chi connectivity index (χ0v) is 17.0. The van der Waals surface area contributed by atoms with Crippen LogP contribution in [0, 0.1) is 11.6 Å². The van der Waals surface area contributed by atoms with Gasteiger partial charge in [-0.2, -0.15) is 0 Å². The van der Waals surface area contributed by atoms with E-state index in [0.29, 0.717) is 0 Å². The van der Waals surface area contributed by atoms with E-state index >= 15 is 0 Å². The van der Waals surface area contributed by atoms with E-state index in [2.05, 4.69) is 11.4 Å². The molecule has 0 heterocycles. The summed E-state index contributed by atoms with van der Waals surface area (Å²) in [6.07, 6.45) is 4.25. The van der Waals surface area contributed by atoms with Crippen molar-refractivity contribution in [1.29, 1.82) is 0 Å². The highest BCUT2D eigenvalue weighted by molar-refractivity contribution is 7.92. The smallest absolute Gasteiger partial charge is 0.232 e. The number of aryl methyl sites for hydroxylation is 1. The maximum absolute atomic E-state index is 13.5. The average molecular weight is 422 g/mol. The summed E-state index contributed by atoms with van der Waals surface area (Å²) in [4.78, 5) is 12.4. The summed E-state index contributed by atoms with van der Waals surface area (Å²) >= 11 is 0. The second-order valence-corrected chi connectivity index (χ2v) is 9.16. The van der Waals surface area contributed by atoms with Gasteiger partial charge in [0.2, 0.25) is 15.9 Å². The first-order valence-corrected chi connectivity index (χ1v) is 11.4. The molecule has 0 spiro atoms. The highest BCUT2D eigenvalue weighted by atomic mass is 32.2. The van der Waals surface area contributed by atoms with Gasteiger partial charge in [0.15, 0.2) is 11.6 Å². The fraction of sp³-hybridized carbons (Fsp3) is 0.381. The summed E-state index contributed by atoms with van der Waals surface area (Å²) in [6, 6.07) is 10.9. The lowest BCUT2D eigenvalue weighted by Gasteiger charge is -2.26. The van der Waals surface area contributed by atoms with Gasteiger partial charge in [-0.3, -0.25) is 9.10 Å². The first-order valence-electron chi connectivity index (χ1n) is 9.55. The van der Waals surface area contributed by atoms with Crippen LogP contribution in [0.5, 0.6) is 0 Å². The molecule has 0 saturated heterocycles. The topological polar surface area (TPSA) is 66.5 Å². The van der Waals surface area contributed by atoms with Gasteiger partial charge in [0.1, 0.15) is 0 Å². The molecular formula is C21H24F2N2O3S. The van der Waals surface area contributed by atoms with Crippen LogP contribution in [0.3, 0.4) is 0 Å². The van der Waals surface area contributed by atoms with E-state index in [-0.39, 0.29) is 37.0 Å². The third-order valence-corrected chi connectivity index (χ3v) is 6.26. The third-order valence-electron chi connectivity index (χ3n) is 5.06. The van der Waals surface area contributed by atoms with Gasteiger partial charge in [0, 0.05) is 19.0 Å². The maximum atomic E-state index is 13.5. The number of sulfonamides is 1. The molecule has 0 bridgehead atoms. The van der Waals surface area contributed by atoms with Crippen molar-refractivity contribution >= 4 is 21.6 Å². The fourth-order valence-corrected chi connectivity index (χ4v) is 4.64. The van der Waals surface area contributed by atoms with Crippen molar-refractivity contribution in [2.24, 2.45) is 0 Å². The Bertz CT molecular complexity index is 995. The zero-order valence-electron chi connectivity index (χ0n) is 16.2. The van der Waals surface area contributed by atoms with Gasteiger partial charge in [-0.05, 0) is 48.9 Å². The molecule has 0 saturated carbocycles. The maximum Gasteiger partial charge on any atom is 0.232 e. The van der Waals surface area contributed by atoms with Gasteiger partial charge in [-0.15, -0.1) is 0 Å². The van der Waals surface area contributed by atoms with Crippen molar-refractivity contribution in [3.8, 4) is 0 Å². The van der Waals surface area contributed by atoms with Crippen molar-refractivity contribution in [1.82, 2.24) is 5.32 Å². The number of nitrogens with zero attached hydrogens (tertiary/aromatic N) is 1. The number of rotatable bonds is 7. The summed E-state index contributed by atoms with van der Waals surface area (Å²) in [5.74, 6) is -2.33. The van der Waals surface area contributed by atoms with Crippen LogP contribution in [-0.2, 0) is 21.2 Å². The molecule has 1 aliphatic rings. The molecule has 2 aromatic carbocycles. The van der Waals surface area contributed by atoms with E-state index in [0.717, 1.165) is 47.5 Å². The summed E-state index contributed by atoms with van der Waals surface area (Å²) in [5, 5.41) is 3.03. The largest absolute Gasteiger partial charge is 0.349 e. The Kier molecular flexibility index (Phi) is 6.52. The Hall–Kier alpha value is -2.48. The Morgan fingerprint density at radius 2 is 1.93 bits per heavy atom. The second kappa shape index (κ2) is 8.90. The summed E-state index contributed by atoms with van der Waals surface area (Å²) in [7, 11) is -3.70. The summed E-state index contributed by atoms with van der Waals surface area (Å²) in [6.45, 7) is -0.00141. The number of halogens is 2. The van der Waals surface area contributed by atoms with Crippen molar-refractivity contribution in [2.45, 2.75) is 38.1 Å². The standard InChI is InChI=1S/C21H24F2N2O3S/c1-29(27,28)25(16-11-12-18(22)19(23)14-16)13-5-10-21(26)24-20-9-4-7-15-6-2-3-8-17(15)20/h2-3,6,8,11-12,14,20H,4-5,7,9-10,13H2,1H3,(H,24,26). The van der Waals surface area contributed by atoms with Crippen LogP contribution < -0.4 is 9.62 Å². The molecule has 29 heavy (non-hydrogen) atoms. The first kappa shape index (κ1) is 21.2. The number of nitrogens with one attached hydrogen (secondary N) is 1. The first-order chi connectivity index (χ1) is 13.8. The lowest BCUT2D eigenvalue weighted by atomic mass is 9.87. The zero-order chi connectivity index (χ0) is 21.0. The molecule has 0 radical (unpaired) electrons. The number of amides is 1. The van der Waals surface area contributed by atoms with E-state index in [1.165, 1.54) is 11.6 Å². The number of carbonyl (C=O) groups is 1. The molecule has 1 N–H and O–H groups in total. The van der Waals surface area contributed by atoms with E-state index in [9.17, 15) is 22.0 Å². The van der Waals surface area contributed by atoms with Crippen LogP contribution in [0.15, 0.2) is 42.5 Å². The van der Waals surface area contributed by atoms with Gasteiger partial charge in [-0.1, -0.05) is 24.3 Å². The van der Waals surface area contributed by atoms with Crippen molar-refractivity contribution in [2.75, 3.05) is 17.1 Å². The highest BCUT2D eigenvalue weighted by Crippen LogP contribution is 2.29. The Balaban J connectivity index is 1.60. The lowest BCUT2D eigenvalue weighted by molar-refractivity contribution is -0.122. The van der Waals surface area contributed by atoms with E-state index in [1.807, 2.05) is 18.2 Å². The highest BCUT2D eigenvalue weighted by Gasteiger charge is 2.22. The second-order valence-electron chi connectivity index (χ2n) is 7.25. The fourth-order valence-electron chi connectivity index (χ4n) is 3.68. The van der Waals surface area contributed by atoms with E-state index < -0.39 is 21.7 Å². The number of anilines is 1. The molecule has 5 nitrogen and oxygen atoms in total. The van der Waals surface area contributed by atoms with Crippen molar-refractivity contribution < 1.29 is 22.0 Å². The third kappa shape index (κ3) is 5.32. The number of hydrogen-bond acceptors (Lipinski definition) is 3. The molecule has 2 aromatic rings. The predicted octanol–water partition coefficient (Wildman–Crippen LogP) is 3.70. The van der Waals surface area contributed by atoms with Gasteiger partial charge in [0.05, 0.1) is 18.0 Å². The Morgan fingerprint density at radius 3 is 2.66 bits per heavy atom. The normalized spacial score (nSPS) is 16.2. The van der Waals surface area contributed by atoms with Crippen LogP contribution in [0.1, 0.15) is 42.9 Å². The number of benzene rings is 2. The van der Waals surface area contributed by atoms with Crippen LogP contribution in [-0.4, -0.2) is 27.1 Å². The molecular weight excluding hydrogens is 398 g/mol. The average Bonchev–Trinajstić information content (AvgIpc) is 2.67. The molecule has 1 atom stereocenters. The molecule has 1 unspecified atom stereocenters. The monoisotopic (exact) mass is 422 g/mol. The Labute approximate surface area is 169 Å². The van der Waals surface area contributed by atoms with Crippen LogP contribution >= 0.6 is 0 Å². The van der Waals surface area contributed by atoms with Gasteiger partial charge >= 0.3 is 0 Å². The molecule has 0 aromatic heterocycles. The number of hydrogen-bond donors (Lipinski definition) is 1.